The molecule has 0 aliphatic carbocycles. The lowest BCUT2D eigenvalue weighted by Gasteiger charge is -2.22. The van der Waals surface area contributed by atoms with Crippen molar-refractivity contribution in [2.75, 3.05) is 6.54 Å². The summed E-state index contributed by atoms with van der Waals surface area (Å²) < 4.78 is 7.54. The number of hydrogen-bond acceptors (Lipinski definition) is 6. The molecule has 2 amide bonds. The van der Waals surface area contributed by atoms with Crippen LogP contribution in [0.4, 0.5) is 0 Å². The van der Waals surface area contributed by atoms with Gasteiger partial charge in [0.05, 0.1) is 17.5 Å². The quantitative estimate of drug-likeness (QED) is 0.444. The van der Waals surface area contributed by atoms with Crippen LogP contribution in [-0.4, -0.2) is 43.2 Å². The number of aryl methyl sites for hydroxylation is 1. The summed E-state index contributed by atoms with van der Waals surface area (Å²) in [4.78, 5) is 30.7. The first-order valence-electron chi connectivity index (χ1n) is 8.10. The van der Waals surface area contributed by atoms with Gasteiger partial charge in [-0.05, 0) is 25.5 Å². The minimum absolute atomic E-state index is 0.230. The van der Waals surface area contributed by atoms with E-state index in [4.69, 9.17) is 16.6 Å². The lowest BCUT2D eigenvalue weighted by molar-refractivity contribution is -0.132. The Morgan fingerprint density at radius 2 is 2.38 bits per heavy atom. The second kappa shape index (κ2) is 8.33. The van der Waals surface area contributed by atoms with Crippen molar-refractivity contribution in [3.63, 3.8) is 0 Å². The van der Waals surface area contributed by atoms with Crippen LogP contribution >= 0.6 is 24.0 Å². The van der Waals surface area contributed by atoms with E-state index in [1.807, 2.05) is 10.8 Å². The average Bonchev–Trinajstić information content (AvgIpc) is 3.35. The molecule has 1 atom stereocenters. The lowest BCUT2D eigenvalue weighted by atomic mass is 10.2. The molecule has 2 aromatic heterocycles. The molecule has 136 valence electrons. The summed E-state index contributed by atoms with van der Waals surface area (Å²) in [5.74, 6) is 0.0609. The Morgan fingerprint density at radius 3 is 3.08 bits per heavy atom. The van der Waals surface area contributed by atoms with Crippen LogP contribution in [-0.2, 0) is 16.1 Å². The molecule has 0 saturated carbocycles. The molecule has 1 aliphatic heterocycles. The standard InChI is InChI=1S/C17H18N4O3S2/c1-12(15(22)19-5-3-7-20-8-6-18-11-20)21-16(23)14(26-17(21)25)10-13-4-2-9-24-13/h2,4,6,8-12H,3,5,7H2,1H3,(H,19,22)/b14-10-. The van der Waals surface area contributed by atoms with Crippen LogP contribution in [0.5, 0.6) is 0 Å². The predicted molar refractivity (Wildman–Crippen MR) is 103 cm³/mol. The van der Waals surface area contributed by atoms with Crippen molar-refractivity contribution in [2.45, 2.75) is 25.9 Å². The highest BCUT2D eigenvalue weighted by Crippen LogP contribution is 2.33. The van der Waals surface area contributed by atoms with Crippen LogP contribution in [0.25, 0.3) is 6.08 Å². The number of hydrogen-bond donors (Lipinski definition) is 1. The lowest BCUT2D eigenvalue weighted by Crippen LogP contribution is -2.47. The number of nitrogens with one attached hydrogen (secondary N) is 1. The molecule has 3 rings (SSSR count). The number of rotatable bonds is 7. The first-order valence-corrected chi connectivity index (χ1v) is 9.33. The summed E-state index contributed by atoms with van der Waals surface area (Å²) in [6.07, 6.45) is 9.25. The van der Waals surface area contributed by atoms with Crippen molar-refractivity contribution in [1.29, 1.82) is 0 Å². The summed E-state index contributed by atoms with van der Waals surface area (Å²) in [5.41, 5.74) is 0. The van der Waals surface area contributed by atoms with E-state index >= 15 is 0 Å². The van der Waals surface area contributed by atoms with Crippen molar-refractivity contribution in [1.82, 2.24) is 19.8 Å². The van der Waals surface area contributed by atoms with Gasteiger partial charge in [-0.2, -0.15) is 0 Å². The summed E-state index contributed by atoms with van der Waals surface area (Å²) >= 11 is 6.45. The van der Waals surface area contributed by atoms with Crippen LogP contribution < -0.4 is 5.32 Å². The van der Waals surface area contributed by atoms with Crippen LogP contribution in [0, 0.1) is 0 Å². The van der Waals surface area contributed by atoms with Crippen LogP contribution in [0.3, 0.4) is 0 Å². The van der Waals surface area contributed by atoms with Crippen LogP contribution in [0.1, 0.15) is 19.1 Å². The highest BCUT2D eigenvalue weighted by molar-refractivity contribution is 8.26. The van der Waals surface area contributed by atoms with Gasteiger partial charge in [0, 0.05) is 31.6 Å². The molecule has 0 bridgehead atoms. The van der Waals surface area contributed by atoms with E-state index < -0.39 is 6.04 Å². The number of nitrogens with zero attached hydrogens (tertiary/aromatic N) is 3. The monoisotopic (exact) mass is 390 g/mol. The summed E-state index contributed by atoms with van der Waals surface area (Å²) in [5, 5.41) is 2.85. The molecule has 1 saturated heterocycles. The molecular weight excluding hydrogens is 372 g/mol. The van der Waals surface area contributed by atoms with E-state index in [-0.39, 0.29) is 11.8 Å². The van der Waals surface area contributed by atoms with Crippen molar-refractivity contribution in [3.05, 3.63) is 47.8 Å². The van der Waals surface area contributed by atoms with Gasteiger partial charge in [0.2, 0.25) is 5.91 Å². The summed E-state index contributed by atoms with van der Waals surface area (Å²) in [7, 11) is 0. The first kappa shape index (κ1) is 18.4. The van der Waals surface area contributed by atoms with Gasteiger partial charge in [0.1, 0.15) is 16.1 Å². The Kier molecular flexibility index (Phi) is 5.89. The maximum absolute atomic E-state index is 12.6. The molecule has 0 radical (unpaired) electrons. The van der Waals surface area contributed by atoms with E-state index in [0.29, 0.717) is 21.5 Å². The zero-order valence-corrected chi connectivity index (χ0v) is 15.8. The molecule has 0 aromatic carbocycles. The van der Waals surface area contributed by atoms with Gasteiger partial charge < -0.3 is 14.3 Å². The topological polar surface area (TPSA) is 80.4 Å². The molecule has 1 aliphatic rings. The Morgan fingerprint density at radius 1 is 1.54 bits per heavy atom. The smallest absolute Gasteiger partial charge is 0.267 e. The summed E-state index contributed by atoms with van der Waals surface area (Å²) in [6.45, 7) is 2.95. The minimum atomic E-state index is -0.668. The maximum atomic E-state index is 12.6. The number of aromatic nitrogens is 2. The number of furan rings is 1. The Balaban J connectivity index is 1.54. The van der Waals surface area contributed by atoms with E-state index in [9.17, 15) is 9.59 Å². The van der Waals surface area contributed by atoms with Gasteiger partial charge in [0.15, 0.2) is 0 Å². The molecule has 1 unspecified atom stereocenters. The minimum Gasteiger partial charge on any atom is -0.465 e. The molecular formula is C17H18N4O3S2. The van der Waals surface area contributed by atoms with Gasteiger partial charge in [-0.3, -0.25) is 14.5 Å². The maximum Gasteiger partial charge on any atom is 0.267 e. The van der Waals surface area contributed by atoms with Crippen LogP contribution in [0.15, 0.2) is 46.4 Å². The predicted octanol–water partition coefficient (Wildman–Crippen LogP) is 2.27. The molecule has 3 heterocycles. The van der Waals surface area contributed by atoms with Crippen molar-refractivity contribution in [2.24, 2.45) is 0 Å². The zero-order chi connectivity index (χ0) is 18.5. The average molecular weight is 390 g/mol. The van der Waals surface area contributed by atoms with E-state index in [2.05, 4.69) is 10.3 Å². The molecule has 0 spiro atoms. The van der Waals surface area contributed by atoms with E-state index in [1.165, 1.54) is 22.9 Å². The fourth-order valence-corrected chi connectivity index (χ4v) is 3.87. The van der Waals surface area contributed by atoms with Gasteiger partial charge in [-0.1, -0.05) is 24.0 Å². The van der Waals surface area contributed by atoms with Crippen molar-refractivity contribution < 1.29 is 14.0 Å². The van der Waals surface area contributed by atoms with Gasteiger partial charge >= 0.3 is 0 Å². The first-order chi connectivity index (χ1) is 12.6. The zero-order valence-electron chi connectivity index (χ0n) is 14.1. The molecule has 7 nitrogen and oxygen atoms in total. The fraction of sp³-hybridized carbons (Fsp3) is 0.294. The molecule has 2 aromatic rings. The third-order valence-electron chi connectivity index (χ3n) is 3.86. The van der Waals surface area contributed by atoms with Crippen LogP contribution in [0.2, 0.25) is 0 Å². The number of carbonyl (C=O) groups excluding carboxylic acids is 2. The molecule has 9 heteroatoms. The molecule has 1 fully saturated rings. The van der Waals surface area contributed by atoms with E-state index in [1.54, 1.807) is 37.7 Å². The van der Waals surface area contributed by atoms with Crippen molar-refractivity contribution in [3.8, 4) is 0 Å². The number of imidazole rings is 1. The normalized spacial score (nSPS) is 17.1. The number of carbonyl (C=O) groups is 2. The van der Waals surface area contributed by atoms with Gasteiger partial charge in [-0.15, -0.1) is 0 Å². The number of thioether (sulfide) groups is 1. The van der Waals surface area contributed by atoms with Gasteiger partial charge in [0.25, 0.3) is 5.91 Å². The van der Waals surface area contributed by atoms with E-state index in [0.717, 1.165) is 13.0 Å². The third kappa shape index (κ3) is 4.23. The third-order valence-corrected chi connectivity index (χ3v) is 5.19. The highest BCUT2D eigenvalue weighted by Gasteiger charge is 2.38. The fourth-order valence-electron chi connectivity index (χ4n) is 2.47. The van der Waals surface area contributed by atoms with Crippen molar-refractivity contribution >= 4 is 46.2 Å². The molecule has 26 heavy (non-hydrogen) atoms. The number of amides is 2. The Bertz CT molecular complexity index is 815. The van der Waals surface area contributed by atoms with Gasteiger partial charge in [-0.25, -0.2) is 4.98 Å². The largest absolute Gasteiger partial charge is 0.465 e. The Hall–Kier alpha value is -2.39. The second-order valence-electron chi connectivity index (χ2n) is 5.69. The molecule has 1 N–H and O–H groups in total. The highest BCUT2D eigenvalue weighted by atomic mass is 32.2. The summed E-state index contributed by atoms with van der Waals surface area (Å²) in [6, 6.07) is 2.83. The SMILES string of the molecule is CC(C(=O)NCCCn1ccnc1)N1C(=O)/C(=C/c2ccco2)SC1=S. The number of thiocarbonyl (C=S) groups is 1. The second-order valence-corrected chi connectivity index (χ2v) is 7.36. The Labute approximate surface area is 160 Å².